The van der Waals surface area contributed by atoms with Crippen LogP contribution < -0.4 is 5.32 Å². The molecule has 0 unspecified atom stereocenters. The van der Waals surface area contributed by atoms with Crippen molar-refractivity contribution in [3.63, 3.8) is 0 Å². The number of hydrogen-bond donors (Lipinski definition) is 2. The van der Waals surface area contributed by atoms with Gasteiger partial charge < -0.3 is 15.2 Å². The highest BCUT2D eigenvalue weighted by Crippen LogP contribution is 2.18. The number of carbonyl (C=O) groups excluding carboxylic acids is 1. The number of nitrogens with zero attached hydrogens (tertiary/aromatic N) is 2. The largest absolute Gasteiger partial charge is 0.465 e. The number of hydrogen-bond acceptors (Lipinski definition) is 5. The molecule has 0 amide bonds. The molecule has 0 saturated heterocycles. The molecule has 2 aromatic rings. The molecule has 0 bridgehead atoms. The van der Waals surface area contributed by atoms with Crippen molar-refractivity contribution in [1.29, 1.82) is 0 Å². The van der Waals surface area contributed by atoms with Gasteiger partial charge in [-0.25, -0.2) is 4.79 Å². The molecule has 1 aromatic heterocycles. The lowest BCUT2D eigenvalue weighted by Crippen LogP contribution is -2.05. The molecular weight excluding hydrogens is 270 g/mol. The smallest absolute Gasteiger partial charge is 0.337 e. The van der Waals surface area contributed by atoms with E-state index in [2.05, 4.69) is 10.4 Å². The normalized spacial score (nSPS) is 10.4. The van der Waals surface area contributed by atoms with Crippen LogP contribution in [0.4, 0.5) is 5.69 Å². The molecule has 1 heterocycles. The Hall–Kier alpha value is -2.34. The minimum absolute atomic E-state index is 0.0721. The second-order valence-corrected chi connectivity index (χ2v) is 4.71. The van der Waals surface area contributed by atoms with Gasteiger partial charge in [0.15, 0.2) is 0 Å². The number of aryl methyl sites for hydroxylation is 1. The highest BCUT2D eigenvalue weighted by molar-refractivity contribution is 5.90. The van der Waals surface area contributed by atoms with Gasteiger partial charge in [-0.3, -0.25) is 4.68 Å². The molecular formula is C15H19N3O3. The van der Waals surface area contributed by atoms with Crippen molar-refractivity contribution in [3.05, 3.63) is 47.3 Å². The van der Waals surface area contributed by atoms with Crippen molar-refractivity contribution in [2.24, 2.45) is 0 Å². The molecule has 2 N–H and O–H groups in total. The van der Waals surface area contributed by atoms with Gasteiger partial charge in [0, 0.05) is 24.0 Å². The van der Waals surface area contributed by atoms with E-state index in [0.717, 1.165) is 16.8 Å². The first kappa shape index (κ1) is 15.1. The average Bonchev–Trinajstić information content (AvgIpc) is 2.93. The Morgan fingerprint density at radius 3 is 2.95 bits per heavy atom. The van der Waals surface area contributed by atoms with Crippen LogP contribution in [0.2, 0.25) is 0 Å². The fourth-order valence-electron chi connectivity index (χ4n) is 2.03. The van der Waals surface area contributed by atoms with E-state index in [1.165, 1.54) is 7.11 Å². The third-order valence-corrected chi connectivity index (χ3v) is 3.15. The monoisotopic (exact) mass is 289 g/mol. The van der Waals surface area contributed by atoms with Crippen LogP contribution in [-0.4, -0.2) is 34.6 Å². The zero-order chi connectivity index (χ0) is 15.2. The summed E-state index contributed by atoms with van der Waals surface area (Å²) in [4.78, 5) is 11.4. The van der Waals surface area contributed by atoms with Crippen LogP contribution in [0.25, 0.3) is 0 Å². The maximum atomic E-state index is 11.4. The number of methoxy groups -OCH3 is 1. The summed E-state index contributed by atoms with van der Waals surface area (Å²) in [7, 11) is 1.37. The standard InChI is InChI=1S/C15H19N3O3/c1-11-7-13(15(20)21-2)3-4-14(11)16-8-12-9-17-18(10-12)5-6-19/h3-4,7,9-10,16,19H,5-6,8H2,1-2H3. The predicted molar refractivity (Wildman–Crippen MR) is 79.2 cm³/mol. The first-order valence-electron chi connectivity index (χ1n) is 6.69. The number of aliphatic hydroxyl groups is 1. The van der Waals surface area contributed by atoms with Crippen LogP contribution in [0, 0.1) is 6.92 Å². The highest BCUT2D eigenvalue weighted by atomic mass is 16.5. The van der Waals surface area contributed by atoms with Crippen LogP contribution in [0.3, 0.4) is 0 Å². The van der Waals surface area contributed by atoms with Gasteiger partial charge >= 0.3 is 5.97 Å². The maximum Gasteiger partial charge on any atom is 0.337 e. The Morgan fingerprint density at radius 2 is 2.29 bits per heavy atom. The fraction of sp³-hybridized carbons (Fsp3) is 0.333. The second-order valence-electron chi connectivity index (χ2n) is 4.71. The lowest BCUT2D eigenvalue weighted by atomic mass is 10.1. The Morgan fingerprint density at radius 1 is 1.48 bits per heavy atom. The van der Waals surface area contributed by atoms with E-state index in [4.69, 9.17) is 9.84 Å². The number of esters is 1. The Bertz CT molecular complexity index is 622. The third kappa shape index (κ3) is 3.82. The number of anilines is 1. The molecule has 6 nitrogen and oxygen atoms in total. The maximum absolute atomic E-state index is 11.4. The topological polar surface area (TPSA) is 76.4 Å². The summed E-state index contributed by atoms with van der Waals surface area (Å²) in [5, 5.41) is 16.3. The van der Waals surface area contributed by atoms with E-state index in [1.807, 2.05) is 19.2 Å². The zero-order valence-corrected chi connectivity index (χ0v) is 12.2. The van der Waals surface area contributed by atoms with Gasteiger partial charge in [0.2, 0.25) is 0 Å². The summed E-state index contributed by atoms with van der Waals surface area (Å²) < 4.78 is 6.39. The van der Waals surface area contributed by atoms with Crippen LogP contribution in [0.15, 0.2) is 30.6 Å². The van der Waals surface area contributed by atoms with Gasteiger partial charge in [0.05, 0.1) is 32.0 Å². The van der Waals surface area contributed by atoms with Crippen molar-refractivity contribution < 1.29 is 14.6 Å². The molecule has 112 valence electrons. The Kier molecular flexibility index (Phi) is 4.94. The van der Waals surface area contributed by atoms with Gasteiger partial charge in [-0.05, 0) is 30.7 Å². The fourth-order valence-corrected chi connectivity index (χ4v) is 2.03. The number of aliphatic hydroxyl groups excluding tert-OH is 1. The number of aromatic nitrogens is 2. The van der Waals surface area contributed by atoms with E-state index in [9.17, 15) is 4.79 Å². The first-order chi connectivity index (χ1) is 10.1. The molecule has 0 atom stereocenters. The van der Waals surface area contributed by atoms with Crippen LogP contribution >= 0.6 is 0 Å². The van der Waals surface area contributed by atoms with Gasteiger partial charge in [-0.1, -0.05) is 0 Å². The molecule has 21 heavy (non-hydrogen) atoms. The highest BCUT2D eigenvalue weighted by Gasteiger charge is 2.07. The Labute approximate surface area is 123 Å². The minimum Gasteiger partial charge on any atom is -0.465 e. The molecule has 0 spiro atoms. The summed E-state index contributed by atoms with van der Waals surface area (Å²) in [6.45, 7) is 3.13. The summed E-state index contributed by atoms with van der Waals surface area (Å²) in [6, 6.07) is 5.39. The summed E-state index contributed by atoms with van der Waals surface area (Å²) in [6.07, 6.45) is 3.65. The van der Waals surface area contributed by atoms with Crippen LogP contribution in [0.1, 0.15) is 21.5 Å². The number of benzene rings is 1. The van der Waals surface area contributed by atoms with Crippen LogP contribution in [-0.2, 0) is 17.8 Å². The van der Waals surface area contributed by atoms with Gasteiger partial charge in [0.1, 0.15) is 0 Å². The number of carbonyl (C=O) groups is 1. The van der Waals surface area contributed by atoms with E-state index in [1.54, 1.807) is 23.0 Å². The molecule has 0 fully saturated rings. The lowest BCUT2D eigenvalue weighted by molar-refractivity contribution is 0.0600. The van der Waals surface area contributed by atoms with Crippen molar-refractivity contribution in [2.45, 2.75) is 20.0 Å². The second kappa shape index (κ2) is 6.90. The van der Waals surface area contributed by atoms with Crippen molar-refractivity contribution in [1.82, 2.24) is 9.78 Å². The number of ether oxygens (including phenoxy) is 1. The van der Waals surface area contributed by atoms with E-state index < -0.39 is 0 Å². The summed E-state index contributed by atoms with van der Waals surface area (Å²) in [5.74, 6) is -0.338. The van der Waals surface area contributed by atoms with E-state index in [0.29, 0.717) is 18.7 Å². The molecule has 0 aliphatic heterocycles. The summed E-state index contributed by atoms with van der Waals surface area (Å²) in [5.41, 5.74) is 3.49. The number of nitrogens with one attached hydrogen (secondary N) is 1. The van der Waals surface area contributed by atoms with Crippen molar-refractivity contribution >= 4 is 11.7 Å². The van der Waals surface area contributed by atoms with Crippen molar-refractivity contribution in [3.8, 4) is 0 Å². The zero-order valence-electron chi connectivity index (χ0n) is 12.2. The van der Waals surface area contributed by atoms with E-state index in [-0.39, 0.29) is 12.6 Å². The average molecular weight is 289 g/mol. The molecule has 6 heteroatoms. The van der Waals surface area contributed by atoms with Gasteiger partial charge in [-0.15, -0.1) is 0 Å². The molecule has 0 radical (unpaired) electrons. The number of rotatable bonds is 6. The molecule has 0 saturated carbocycles. The van der Waals surface area contributed by atoms with E-state index >= 15 is 0 Å². The molecule has 1 aromatic carbocycles. The lowest BCUT2D eigenvalue weighted by Gasteiger charge is -2.09. The SMILES string of the molecule is COC(=O)c1ccc(NCc2cnn(CCO)c2)c(C)c1. The quantitative estimate of drug-likeness (QED) is 0.790. The predicted octanol–water partition coefficient (Wildman–Crippen LogP) is 1.58. The van der Waals surface area contributed by atoms with Crippen LogP contribution in [0.5, 0.6) is 0 Å². The minimum atomic E-state index is -0.338. The molecule has 2 rings (SSSR count). The van der Waals surface area contributed by atoms with Gasteiger partial charge in [0.25, 0.3) is 0 Å². The first-order valence-corrected chi connectivity index (χ1v) is 6.69. The van der Waals surface area contributed by atoms with Crippen molar-refractivity contribution in [2.75, 3.05) is 19.0 Å². The Balaban J connectivity index is 2.00. The molecule has 0 aliphatic rings. The third-order valence-electron chi connectivity index (χ3n) is 3.15. The molecule has 0 aliphatic carbocycles. The summed E-state index contributed by atoms with van der Waals surface area (Å²) >= 11 is 0. The van der Waals surface area contributed by atoms with Gasteiger partial charge in [-0.2, -0.15) is 5.10 Å².